The van der Waals surface area contributed by atoms with Crippen LogP contribution < -0.4 is 0 Å². The lowest BCUT2D eigenvalue weighted by molar-refractivity contribution is -0.107. The summed E-state index contributed by atoms with van der Waals surface area (Å²) in [6.45, 7) is 1.69. The Labute approximate surface area is 69.1 Å². The van der Waals surface area contributed by atoms with Crippen LogP contribution in [0.2, 0.25) is 0 Å². The second kappa shape index (κ2) is 4.09. The van der Waals surface area contributed by atoms with Crippen LogP contribution in [0.25, 0.3) is 0 Å². The van der Waals surface area contributed by atoms with E-state index in [9.17, 15) is 4.79 Å². The molecule has 1 aliphatic heterocycles. The fourth-order valence-electron chi connectivity index (χ4n) is 1.14. The average Bonchev–Trinajstić information content (AvgIpc) is 2.40. The summed E-state index contributed by atoms with van der Waals surface area (Å²) >= 11 is 3.26. The summed E-state index contributed by atoms with van der Waals surface area (Å²) in [5.41, 5.74) is 0. The van der Waals surface area contributed by atoms with E-state index in [4.69, 9.17) is 4.74 Å². The molecule has 3 heteroatoms. The van der Waals surface area contributed by atoms with Gasteiger partial charge in [-0.3, -0.25) is 0 Å². The molecular weight excluding hydrogens is 196 g/mol. The Morgan fingerprint density at radius 2 is 2.60 bits per heavy atom. The molecule has 0 bridgehead atoms. The van der Waals surface area contributed by atoms with E-state index in [1.165, 1.54) is 0 Å². The van der Waals surface area contributed by atoms with E-state index in [1.54, 1.807) is 0 Å². The zero-order valence-electron chi connectivity index (χ0n) is 5.75. The van der Waals surface area contributed by atoms with Crippen LogP contribution in [0.1, 0.15) is 12.8 Å². The molecule has 0 radical (unpaired) electrons. The smallest absolute Gasteiger partial charge is 0.133 e. The SMILES string of the molecule is O=C[C@@H](Br)C[C@H]1CCOC1. The molecule has 2 nitrogen and oxygen atoms in total. The number of carbonyl (C=O) groups is 1. The zero-order chi connectivity index (χ0) is 7.40. The van der Waals surface area contributed by atoms with Gasteiger partial charge >= 0.3 is 0 Å². The number of alkyl halides is 1. The van der Waals surface area contributed by atoms with Crippen molar-refractivity contribution in [1.29, 1.82) is 0 Å². The molecule has 1 rings (SSSR count). The molecule has 0 aromatic heterocycles. The molecule has 0 aromatic carbocycles. The first-order chi connectivity index (χ1) is 4.83. The molecule has 0 spiro atoms. The third kappa shape index (κ3) is 2.39. The van der Waals surface area contributed by atoms with Crippen LogP contribution in [0.3, 0.4) is 0 Å². The summed E-state index contributed by atoms with van der Waals surface area (Å²) in [6, 6.07) is 0. The molecule has 0 aliphatic carbocycles. The maximum atomic E-state index is 10.2. The highest BCUT2D eigenvalue weighted by Gasteiger charge is 2.18. The Balaban J connectivity index is 2.17. The maximum Gasteiger partial charge on any atom is 0.133 e. The van der Waals surface area contributed by atoms with E-state index in [1.807, 2.05) is 0 Å². The van der Waals surface area contributed by atoms with Gasteiger partial charge in [-0.15, -0.1) is 0 Å². The zero-order valence-corrected chi connectivity index (χ0v) is 7.34. The van der Waals surface area contributed by atoms with Crippen LogP contribution in [-0.4, -0.2) is 24.3 Å². The maximum absolute atomic E-state index is 10.2. The van der Waals surface area contributed by atoms with Crippen molar-refractivity contribution < 1.29 is 9.53 Å². The van der Waals surface area contributed by atoms with Crippen LogP contribution in [0.5, 0.6) is 0 Å². The predicted octanol–water partition coefficient (Wildman–Crippen LogP) is 1.38. The molecule has 1 aliphatic rings. The van der Waals surface area contributed by atoms with Gasteiger partial charge < -0.3 is 9.53 Å². The van der Waals surface area contributed by atoms with Crippen molar-refractivity contribution >= 4 is 22.2 Å². The van der Waals surface area contributed by atoms with E-state index in [0.717, 1.165) is 32.3 Å². The highest BCUT2D eigenvalue weighted by atomic mass is 79.9. The summed E-state index contributed by atoms with van der Waals surface area (Å²) in [4.78, 5) is 10.2. The second-order valence-electron chi connectivity index (χ2n) is 2.62. The lowest BCUT2D eigenvalue weighted by atomic mass is 10.0. The van der Waals surface area contributed by atoms with Crippen LogP contribution in [0.15, 0.2) is 0 Å². The third-order valence-corrected chi connectivity index (χ3v) is 2.32. The monoisotopic (exact) mass is 206 g/mol. The molecule has 1 heterocycles. The third-order valence-electron chi connectivity index (χ3n) is 1.73. The van der Waals surface area contributed by atoms with E-state index in [0.29, 0.717) is 5.92 Å². The molecule has 10 heavy (non-hydrogen) atoms. The molecule has 0 aromatic rings. The Kier molecular flexibility index (Phi) is 3.35. The lowest BCUT2D eigenvalue weighted by Crippen LogP contribution is -2.08. The Bertz CT molecular complexity index is 110. The summed E-state index contributed by atoms with van der Waals surface area (Å²) in [5.74, 6) is 0.592. The average molecular weight is 207 g/mol. The van der Waals surface area contributed by atoms with Crippen molar-refractivity contribution in [2.45, 2.75) is 17.7 Å². The van der Waals surface area contributed by atoms with Crippen LogP contribution in [0, 0.1) is 5.92 Å². The van der Waals surface area contributed by atoms with Gasteiger partial charge in [0.1, 0.15) is 6.29 Å². The number of aldehydes is 1. The number of hydrogen-bond acceptors (Lipinski definition) is 2. The van der Waals surface area contributed by atoms with E-state index in [-0.39, 0.29) is 4.83 Å². The number of ether oxygens (including phenoxy) is 1. The Hall–Kier alpha value is 0.110. The van der Waals surface area contributed by atoms with Gasteiger partial charge in [-0.2, -0.15) is 0 Å². The quantitative estimate of drug-likeness (QED) is 0.516. The van der Waals surface area contributed by atoms with Gasteiger partial charge in [-0.05, 0) is 18.8 Å². The second-order valence-corrected chi connectivity index (χ2v) is 3.79. The van der Waals surface area contributed by atoms with E-state index in [2.05, 4.69) is 15.9 Å². The largest absolute Gasteiger partial charge is 0.381 e. The first-order valence-electron chi connectivity index (χ1n) is 3.50. The fourth-order valence-corrected chi connectivity index (χ4v) is 1.67. The van der Waals surface area contributed by atoms with Gasteiger partial charge in [0, 0.05) is 13.2 Å². The molecule has 0 unspecified atom stereocenters. The van der Waals surface area contributed by atoms with Gasteiger partial charge in [-0.25, -0.2) is 0 Å². The number of rotatable bonds is 3. The first kappa shape index (κ1) is 8.21. The predicted molar refractivity (Wildman–Crippen MR) is 42.3 cm³/mol. The first-order valence-corrected chi connectivity index (χ1v) is 4.41. The highest BCUT2D eigenvalue weighted by molar-refractivity contribution is 9.09. The van der Waals surface area contributed by atoms with Gasteiger partial charge in [0.05, 0.1) is 4.83 Å². The van der Waals surface area contributed by atoms with E-state index < -0.39 is 0 Å². The summed E-state index contributed by atoms with van der Waals surface area (Å²) in [5, 5.41) is 0. The van der Waals surface area contributed by atoms with E-state index >= 15 is 0 Å². The molecule has 0 amide bonds. The van der Waals surface area contributed by atoms with Crippen LogP contribution in [0.4, 0.5) is 0 Å². The normalized spacial score (nSPS) is 28.3. The minimum absolute atomic E-state index is 0.0270. The van der Waals surface area contributed by atoms with Gasteiger partial charge in [0.15, 0.2) is 0 Å². The molecule has 0 N–H and O–H groups in total. The van der Waals surface area contributed by atoms with Crippen molar-refractivity contribution in [2.24, 2.45) is 5.92 Å². The van der Waals surface area contributed by atoms with Crippen molar-refractivity contribution in [3.63, 3.8) is 0 Å². The Morgan fingerprint density at radius 3 is 3.10 bits per heavy atom. The number of carbonyl (C=O) groups excluding carboxylic acids is 1. The molecule has 58 valence electrons. The van der Waals surface area contributed by atoms with Crippen molar-refractivity contribution in [3.05, 3.63) is 0 Å². The van der Waals surface area contributed by atoms with Gasteiger partial charge in [0.25, 0.3) is 0 Å². The lowest BCUT2D eigenvalue weighted by Gasteiger charge is -2.06. The summed E-state index contributed by atoms with van der Waals surface area (Å²) in [6.07, 6.45) is 2.97. The highest BCUT2D eigenvalue weighted by Crippen LogP contribution is 2.20. The van der Waals surface area contributed by atoms with Gasteiger partial charge in [-0.1, -0.05) is 15.9 Å². The number of hydrogen-bond donors (Lipinski definition) is 0. The van der Waals surface area contributed by atoms with Gasteiger partial charge in [0.2, 0.25) is 0 Å². The minimum Gasteiger partial charge on any atom is -0.381 e. The van der Waals surface area contributed by atoms with Crippen LogP contribution >= 0.6 is 15.9 Å². The molecule has 1 fully saturated rings. The molecule has 0 saturated carbocycles. The molecule has 2 atom stereocenters. The Morgan fingerprint density at radius 1 is 1.80 bits per heavy atom. The molecule has 1 saturated heterocycles. The number of halogens is 1. The fraction of sp³-hybridized carbons (Fsp3) is 0.857. The standard InChI is InChI=1S/C7H11BrO2/c8-7(4-9)3-6-1-2-10-5-6/h4,6-7H,1-3,5H2/t6-,7+/m1/s1. The summed E-state index contributed by atoms with van der Waals surface area (Å²) in [7, 11) is 0. The van der Waals surface area contributed by atoms with Crippen LogP contribution in [-0.2, 0) is 9.53 Å². The minimum atomic E-state index is 0.0270. The molecular formula is C7H11BrO2. The summed E-state index contributed by atoms with van der Waals surface area (Å²) < 4.78 is 5.17. The topological polar surface area (TPSA) is 26.3 Å². The van der Waals surface area contributed by atoms with Crippen molar-refractivity contribution in [1.82, 2.24) is 0 Å². The van der Waals surface area contributed by atoms with Crippen molar-refractivity contribution in [2.75, 3.05) is 13.2 Å². The van der Waals surface area contributed by atoms with Crippen molar-refractivity contribution in [3.8, 4) is 0 Å².